The lowest BCUT2D eigenvalue weighted by Crippen LogP contribution is -2.14. The second kappa shape index (κ2) is 4.06. The number of aryl methyl sites for hydroxylation is 1. The zero-order valence-corrected chi connectivity index (χ0v) is 10.5. The maximum atomic E-state index is 5.67. The predicted molar refractivity (Wildman–Crippen MR) is 60.5 cm³/mol. The van der Waals surface area contributed by atoms with Crippen molar-refractivity contribution in [3.05, 3.63) is 11.3 Å². The first-order valence-corrected chi connectivity index (χ1v) is 6.73. The summed E-state index contributed by atoms with van der Waals surface area (Å²) in [5, 5.41) is 1.63. The van der Waals surface area contributed by atoms with E-state index in [-0.39, 0.29) is 6.10 Å². The summed E-state index contributed by atoms with van der Waals surface area (Å²) in [5.41, 5.74) is 2.20. The highest BCUT2D eigenvalue weighted by molar-refractivity contribution is 9.09. The smallest absolute Gasteiger partial charge is 0.221 e. The molecule has 0 radical (unpaired) electrons. The lowest BCUT2D eigenvalue weighted by molar-refractivity contribution is 0.250. The van der Waals surface area contributed by atoms with Crippen LogP contribution < -0.4 is 4.74 Å². The molecule has 1 aliphatic rings. The molecular weight excluding hydrogens is 264 g/mol. The number of hydrogen-bond donors (Lipinski definition) is 0. The number of halogens is 1. The summed E-state index contributed by atoms with van der Waals surface area (Å²) in [6, 6.07) is 0. The van der Waals surface area contributed by atoms with Crippen LogP contribution in [0.2, 0.25) is 0 Å². The van der Waals surface area contributed by atoms with Crippen LogP contribution in [0.3, 0.4) is 0 Å². The van der Waals surface area contributed by atoms with E-state index in [9.17, 15) is 0 Å². The van der Waals surface area contributed by atoms with E-state index < -0.39 is 0 Å². The van der Waals surface area contributed by atoms with E-state index in [1.165, 1.54) is 0 Å². The largest absolute Gasteiger partial charge is 0.473 e. The Balaban J connectivity index is 2.37. The molecule has 0 aliphatic carbocycles. The van der Waals surface area contributed by atoms with Crippen LogP contribution in [-0.2, 0) is 6.42 Å². The average Bonchev–Trinajstić information content (AvgIpc) is 2.61. The van der Waals surface area contributed by atoms with Gasteiger partial charge in [0.25, 0.3) is 0 Å². The normalized spacial score (nSPS) is 19.2. The van der Waals surface area contributed by atoms with Crippen LogP contribution in [0.4, 0.5) is 0 Å². The Morgan fingerprint density at radius 1 is 1.57 bits per heavy atom. The van der Waals surface area contributed by atoms with Gasteiger partial charge < -0.3 is 4.74 Å². The highest BCUT2D eigenvalue weighted by Gasteiger charge is 2.26. The quantitative estimate of drug-likeness (QED) is 0.471. The molecule has 0 spiro atoms. The number of fused-ring (bicyclic) bond motifs is 1. The Hall–Kier alpha value is -0.290. The van der Waals surface area contributed by atoms with E-state index in [1.807, 2.05) is 13.2 Å². The third kappa shape index (κ3) is 1.75. The summed E-state index contributed by atoms with van der Waals surface area (Å²) in [6.45, 7) is 2.01. The van der Waals surface area contributed by atoms with E-state index in [2.05, 4.69) is 25.9 Å². The first kappa shape index (κ1) is 10.2. The molecule has 2 heterocycles. The Morgan fingerprint density at radius 2 is 2.36 bits per heavy atom. The van der Waals surface area contributed by atoms with Gasteiger partial charge in [-0.2, -0.15) is 4.98 Å². The standard InChI is InChI=1S/C9H11BrN2OS/c1-5-7-3-6(4-10)13-8(7)12-9(11-5)14-2/h6H,3-4H2,1-2H3/t6-/m1/s1. The molecule has 0 amide bonds. The summed E-state index contributed by atoms with van der Waals surface area (Å²) in [7, 11) is 0. The van der Waals surface area contributed by atoms with Crippen molar-refractivity contribution < 1.29 is 4.74 Å². The fourth-order valence-electron chi connectivity index (χ4n) is 1.48. The van der Waals surface area contributed by atoms with Crippen molar-refractivity contribution in [1.29, 1.82) is 0 Å². The number of alkyl halides is 1. The van der Waals surface area contributed by atoms with Gasteiger partial charge in [-0.1, -0.05) is 27.7 Å². The molecule has 0 bridgehead atoms. The highest BCUT2D eigenvalue weighted by Crippen LogP contribution is 2.30. The Labute approximate surface area is 95.8 Å². The van der Waals surface area contributed by atoms with E-state index in [1.54, 1.807) is 11.8 Å². The molecule has 1 aromatic heterocycles. The number of rotatable bonds is 2. The number of nitrogens with zero attached hydrogens (tertiary/aromatic N) is 2. The SMILES string of the molecule is CSc1nc(C)c2c(n1)O[C@@H](CBr)C2. The van der Waals surface area contributed by atoms with Gasteiger partial charge in [0, 0.05) is 23.0 Å². The molecule has 14 heavy (non-hydrogen) atoms. The van der Waals surface area contributed by atoms with Crippen molar-refractivity contribution in [3.63, 3.8) is 0 Å². The molecule has 1 atom stereocenters. The van der Waals surface area contributed by atoms with E-state index in [4.69, 9.17) is 4.74 Å². The minimum absolute atomic E-state index is 0.218. The van der Waals surface area contributed by atoms with Gasteiger partial charge in [-0.3, -0.25) is 0 Å². The van der Waals surface area contributed by atoms with Crippen molar-refractivity contribution in [2.24, 2.45) is 0 Å². The molecule has 1 aliphatic heterocycles. The van der Waals surface area contributed by atoms with Gasteiger partial charge in [0.1, 0.15) is 6.10 Å². The lowest BCUT2D eigenvalue weighted by Gasteiger charge is -2.04. The van der Waals surface area contributed by atoms with E-state index >= 15 is 0 Å². The van der Waals surface area contributed by atoms with Crippen molar-refractivity contribution in [2.75, 3.05) is 11.6 Å². The fourth-order valence-corrected chi connectivity index (χ4v) is 2.25. The summed E-state index contributed by atoms with van der Waals surface area (Å²) in [6.07, 6.45) is 3.11. The van der Waals surface area contributed by atoms with Crippen LogP contribution in [0, 0.1) is 6.92 Å². The van der Waals surface area contributed by atoms with Crippen molar-refractivity contribution in [1.82, 2.24) is 9.97 Å². The number of aromatic nitrogens is 2. The minimum Gasteiger partial charge on any atom is -0.473 e. The van der Waals surface area contributed by atoms with Crippen LogP contribution in [-0.4, -0.2) is 27.7 Å². The van der Waals surface area contributed by atoms with Crippen molar-refractivity contribution in [3.8, 4) is 5.88 Å². The Kier molecular flexibility index (Phi) is 2.97. The summed E-state index contributed by atoms with van der Waals surface area (Å²) < 4.78 is 5.67. The van der Waals surface area contributed by atoms with Crippen LogP contribution in [0.25, 0.3) is 0 Å². The summed E-state index contributed by atoms with van der Waals surface area (Å²) >= 11 is 4.96. The zero-order valence-electron chi connectivity index (χ0n) is 8.08. The van der Waals surface area contributed by atoms with Gasteiger partial charge in [0.05, 0.1) is 0 Å². The first-order chi connectivity index (χ1) is 6.74. The van der Waals surface area contributed by atoms with Crippen LogP contribution in [0.1, 0.15) is 11.3 Å². The third-order valence-electron chi connectivity index (χ3n) is 2.22. The molecule has 3 nitrogen and oxygen atoms in total. The van der Waals surface area contributed by atoms with Gasteiger partial charge in [-0.25, -0.2) is 4.98 Å². The minimum atomic E-state index is 0.218. The lowest BCUT2D eigenvalue weighted by atomic mass is 10.1. The summed E-state index contributed by atoms with van der Waals surface area (Å²) in [4.78, 5) is 8.73. The number of ether oxygens (including phenoxy) is 1. The molecule has 0 fully saturated rings. The fraction of sp³-hybridized carbons (Fsp3) is 0.556. The van der Waals surface area contributed by atoms with Gasteiger partial charge >= 0.3 is 0 Å². The maximum Gasteiger partial charge on any atom is 0.221 e. The second-order valence-corrected chi connectivity index (χ2v) is 4.60. The molecule has 76 valence electrons. The van der Waals surface area contributed by atoms with Gasteiger partial charge in [0.2, 0.25) is 5.88 Å². The number of thioether (sulfide) groups is 1. The second-order valence-electron chi connectivity index (χ2n) is 3.18. The summed E-state index contributed by atoms with van der Waals surface area (Å²) in [5.74, 6) is 0.770. The number of hydrogen-bond acceptors (Lipinski definition) is 4. The molecule has 0 saturated carbocycles. The first-order valence-electron chi connectivity index (χ1n) is 4.38. The van der Waals surface area contributed by atoms with Crippen molar-refractivity contribution in [2.45, 2.75) is 24.6 Å². The molecule has 0 N–H and O–H groups in total. The van der Waals surface area contributed by atoms with E-state index in [0.29, 0.717) is 0 Å². The highest BCUT2D eigenvalue weighted by atomic mass is 79.9. The Bertz CT molecular complexity index is 359. The van der Waals surface area contributed by atoms with Crippen molar-refractivity contribution >= 4 is 27.7 Å². The predicted octanol–water partition coefficient (Wildman–Crippen LogP) is 2.21. The molecule has 0 unspecified atom stereocenters. The van der Waals surface area contributed by atoms with Gasteiger partial charge in [-0.15, -0.1) is 0 Å². The monoisotopic (exact) mass is 274 g/mol. The van der Waals surface area contributed by atoms with Gasteiger partial charge in [-0.05, 0) is 13.2 Å². The van der Waals surface area contributed by atoms with Crippen LogP contribution >= 0.6 is 27.7 Å². The van der Waals surface area contributed by atoms with Crippen LogP contribution in [0.5, 0.6) is 5.88 Å². The molecule has 2 rings (SSSR count). The molecule has 1 aromatic rings. The third-order valence-corrected chi connectivity index (χ3v) is 3.49. The molecule has 0 aromatic carbocycles. The topological polar surface area (TPSA) is 35.0 Å². The van der Waals surface area contributed by atoms with Crippen LogP contribution in [0.15, 0.2) is 5.16 Å². The van der Waals surface area contributed by atoms with E-state index in [0.717, 1.165) is 34.0 Å². The maximum absolute atomic E-state index is 5.67. The molecule has 0 saturated heterocycles. The average molecular weight is 275 g/mol. The molecular formula is C9H11BrN2OS. The van der Waals surface area contributed by atoms with Gasteiger partial charge in [0.15, 0.2) is 5.16 Å². The zero-order chi connectivity index (χ0) is 10.1. The molecule has 5 heteroatoms. The Morgan fingerprint density at radius 3 is 3.00 bits per heavy atom.